The molecule has 0 radical (unpaired) electrons. The smallest absolute Gasteiger partial charge is 0.261 e. The van der Waals surface area contributed by atoms with E-state index >= 15 is 0 Å². The quantitative estimate of drug-likeness (QED) is 0.500. The van der Waals surface area contributed by atoms with Crippen molar-refractivity contribution in [2.75, 3.05) is 30.3 Å². The number of hydrogen-bond acceptors (Lipinski definition) is 4. The second-order valence-electron chi connectivity index (χ2n) is 7.29. The molecule has 0 spiro atoms. The van der Waals surface area contributed by atoms with Crippen LogP contribution in [0.4, 0.5) is 11.4 Å². The van der Waals surface area contributed by atoms with Crippen molar-refractivity contribution in [3.8, 4) is 5.75 Å². The van der Waals surface area contributed by atoms with Gasteiger partial charge in [-0.1, -0.05) is 36.4 Å². The van der Waals surface area contributed by atoms with Crippen LogP contribution in [-0.2, 0) is 11.3 Å². The van der Waals surface area contributed by atoms with E-state index in [0.717, 1.165) is 10.8 Å². The molecule has 0 aliphatic carbocycles. The van der Waals surface area contributed by atoms with Gasteiger partial charge in [-0.3, -0.25) is 13.7 Å². The Kier molecular flexibility index (Phi) is 6.71. The minimum absolute atomic E-state index is 0.00519. The van der Waals surface area contributed by atoms with Crippen molar-refractivity contribution in [3.63, 3.8) is 0 Å². The van der Waals surface area contributed by atoms with Crippen molar-refractivity contribution >= 4 is 39.3 Å². The molecule has 0 saturated carbocycles. The maximum atomic E-state index is 12.9. The summed E-state index contributed by atoms with van der Waals surface area (Å²) in [7, 11) is 3.78. The molecular formula is C22H25N3O4S. The number of nitrogens with zero attached hydrogens (tertiary/aromatic N) is 2. The van der Waals surface area contributed by atoms with Gasteiger partial charge < -0.3 is 15.3 Å². The summed E-state index contributed by atoms with van der Waals surface area (Å²) in [6.07, 6.45) is 0. The number of nitrogens with one attached hydrogen (secondary N) is 1. The number of carbonyl (C=O) groups is 1. The maximum Gasteiger partial charge on any atom is 0.261 e. The molecule has 7 nitrogen and oxygen atoms in total. The van der Waals surface area contributed by atoms with E-state index < -0.39 is 17.2 Å². The number of benzene rings is 3. The molecule has 3 aromatic carbocycles. The van der Waals surface area contributed by atoms with Crippen molar-refractivity contribution in [3.05, 3.63) is 66.2 Å². The third kappa shape index (κ3) is 4.79. The first-order chi connectivity index (χ1) is 14.3. The summed E-state index contributed by atoms with van der Waals surface area (Å²) >= 11 is -2.28. The van der Waals surface area contributed by atoms with Gasteiger partial charge in [-0.25, -0.2) is 4.21 Å². The van der Waals surface area contributed by atoms with Crippen LogP contribution in [0.25, 0.3) is 10.8 Å². The number of anilines is 2. The van der Waals surface area contributed by atoms with E-state index in [4.69, 9.17) is 0 Å². The van der Waals surface area contributed by atoms with Gasteiger partial charge in [0, 0.05) is 12.6 Å². The van der Waals surface area contributed by atoms with Gasteiger partial charge in [-0.15, -0.1) is 0 Å². The standard InChI is InChI=1S/C22H25N3O4S/c1-15(24(2)3)14-25(30(28)29)20-11-7-6-10-19(20)23-22(27)18-12-16-8-4-5-9-17(16)13-21(18)26/h4-13,15,26H,14H2,1-3H3,(H,23,27)(H,28,29). The molecule has 158 valence electrons. The number of rotatable bonds is 7. The van der Waals surface area contributed by atoms with Gasteiger partial charge in [-0.2, -0.15) is 0 Å². The fourth-order valence-electron chi connectivity index (χ4n) is 3.05. The number of amides is 1. The zero-order chi connectivity index (χ0) is 21.8. The molecule has 0 saturated heterocycles. The first-order valence-corrected chi connectivity index (χ1v) is 10.5. The Bertz CT molecular complexity index is 1090. The predicted octanol–water partition coefficient (Wildman–Crippen LogP) is 3.69. The first-order valence-electron chi connectivity index (χ1n) is 9.45. The van der Waals surface area contributed by atoms with Crippen molar-refractivity contribution in [1.82, 2.24) is 4.90 Å². The molecule has 3 N–H and O–H groups in total. The Morgan fingerprint density at radius 1 is 1.07 bits per heavy atom. The SMILES string of the molecule is CC(CN(c1ccccc1NC(=O)c1cc2ccccc2cc1O)S(=O)O)N(C)C. The lowest BCUT2D eigenvalue weighted by Gasteiger charge is -2.28. The Balaban J connectivity index is 1.93. The van der Waals surface area contributed by atoms with Crippen molar-refractivity contribution < 1.29 is 18.7 Å². The monoisotopic (exact) mass is 427 g/mol. The van der Waals surface area contributed by atoms with Gasteiger partial charge in [0.05, 0.1) is 16.9 Å². The fourth-order valence-corrected chi connectivity index (χ4v) is 3.72. The van der Waals surface area contributed by atoms with Crippen LogP contribution in [0, 0.1) is 0 Å². The summed E-state index contributed by atoms with van der Waals surface area (Å²) in [5, 5.41) is 14.8. The van der Waals surface area contributed by atoms with Crippen LogP contribution in [0.5, 0.6) is 5.75 Å². The second kappa shape index (κ2) is 9.25. The molecule has 3 aromatic rings. The van der Waals surface area contributed by atoms with E-state index in [1.165, 1.54) is 4.31 Å². The van der Waals surface area contributed by atoms with Gasteiger partial charge in [0.1, 0.15) is 5.75 Å². The molecule has 2 atom stereocenters. The topological polar surface area (TPSA) is 93.1 Å². The predicted molar refractivity (Wildman–Crippen MR) is 121 cm³/mol. The molecule has 0 heterocycles. The van der Waals surface area contributed by atoms with E-state index in [1.807, 2.05) is 50.2 Å². The minimum atomic E-state index is -2.28. The van der Waals surface area contributed by atoms with E-state index in [9.17, 15) is 18.7 Å². The highest BCUT2D eigenvalue weighted by Gasteiger charge is 2.22. The summed E-state index contributed by atoms with van der Waals surface area (Å²) in [6.45, 7) is 2.22. The zero-order valence-corrected chi connectivity index (χ0v) is 17.9. The molecule has 0 aliphatic heterocycles. The third-order valence-corrected chi connectivity index (χ3v) is 5.75. The van der Waals surface area contributed by atoms with Crippen LogP contribution < -0.4 is 9.62 Å². The highest BCUT2D eigenvalue weighted by molar-refractivity contribution is 7.80. The van der Waals surface area contributed by atoms with E-state index in [-0.39, 0.29) is 23.9 Å². The van der Waals surface area contributed by atoms with E-state index in [1.54, 1.807) is 36.4 Å². The van der Waals surface area contributed by atoms with Crippen molar-refractivity contribution in [2.24, 2.45) is 0 Å². The number of hydrogen-bond donors (Lipinski definition) is 3. The average molecular weight is 428 g/mol. The maximum absolute atomic E-state index is 12.9. The van der Waals surface area contributed by atoms with Crippen LogP contribution in [0.3, 0.4) is 0 Å². The number of phenols is 1. The number of aromatic hydroxyl groups is 1. The highest BCUT2D eigenvalue weighted by atomic mass is 32.2. The zero-order valence-electron chi connectivity index (χ0n) is 17.1. The van der Waals surface area contributed by atoms with Crippen LogP contribution in [0.15, 0.2) is 60.7 Å². The van der Waals surface area contributed by atoms with Crippen molar-refractivity contribution in [2.45, 2.75) is 13.0 Å². The largest absolute Gasteiger partial charge is 0.507 e. The lowest BCUT2D eigenvalue weighted by Crippen LogP contribution is -2.39. The number of para-hydroxylation sites is 2. The number of fused-ring (bicyclic) bond motifs is 1. The molecule has 8 heteroatoms. The van der Waals surface area contributed by atoms with Gasteiger partial charge in [-0.05, 0) is 56.1 Å². The van der Waals surface area contributed by atoms with E-state index in [2.05, 4.69) is 5.32 Å². The molecule has 3 rings (SSSR count). The van der Waals surface area contributed by atoms with Gasteiger partial charge >= 0.3 is 0 Å². The lowest BCUT2D eigenvalue weighted by molar-refractivity contribution is 0.102. The van der Waals surface area contributed by atoms with Crippen LogP contribution in [0.1, 0.15) is 17.3 Å². The summed E-state index contributed by atoms with van der Waals surface area (Å²) < 4.78 is 23.2. The summed E-state index contributed by atoms with van der Waals surface area (Å²) in [6, 6.07) is 17.4. The summed E-state index contributed by atoms with van der Waals surface area (Å²) in [5.41, 5.74) is 0.922. The Labute approximate surface area is 178 Å². The average Bonchev–Trinajstić information content (AvgIpc) is 2.71. The second-order valence-corrected chi connectivity index (χ2v) is 8.19. The van der Waals surface area contributed by atoms with Gasteiger partial charge in [0.2, 0.25) is 0 Å². The normalized spacial score (nSPS) is 13.2. The molecule has 0 bridgehead atoms. The molecular weight excluding hydrogens is 402 g/mol. The van der Waals surface area contributed by atoms with Gasteiger partial charge in [0.15, 0.2) is 0 Å². The van der Waals surface area contributed by atoms with Crippen molar-refractivity contribution in [1.29, 1.82) is 0 Å². The van der Waals surface area contributed by atoms with Crippen LogP contribution in [-0.4, -0.2) is 51.4 Å². The molecule has 0 fully saturated rings. The van der Waals surface area contributed by atoms with Crippen LogP contribution in [0.2, 0.25) is 0 Å². The summed E-state index contributed by atoms with van der Waals surface area (Å²) in [4.78, 5) is 14.9. The highest BCUT2D eigenvalue weighted by Crippen LogP contribution is 2.30. The number of phenolic OH excluding ortho intramolecular Hbond substituents is 1. The van der Waals surface area contributed by atoms with Gasteiger partial charge in [0.25, 0.3) is 17.2 Å². The third-order valence-electron chi connectivity index (χ3n) is 5.03. The fraction of sp³-hybridized carbons (Fsp3) is 0.227. The molecule has 1 amide bonds. The molecule has 30 heavy (non-hydrogen) atoms. The summed E-state index contributed by atoms with van der Waals surface area (Å²) in [5.74, 6) is -0.637. The Hall–Kier alpha value is -2.94. The minimum Gasteiger partial charge on any atom is -0.507 e. The molecule has 0 aliphatic rings. The Morgan fingerprint density at radius 3 is 2.30 bits per heavy atom. The number of likely N-dealkylation sites (N-methyl/N-ethyl adjacent to an activating group) is 1. The van der Waals surface area contributed by atoms with E-state index in [0.29, 0.717) is 11.4 Å². The Morgan fingerprint density at radius 2 is 1.67 bits per heavy atom. The lowest BCUT2D eigenvalue weighted by atomic mass is 10.1. The van der Waals surface area contributed by atoms with Crippen LogP contribution >= 0.6 is 0 Å². The molecule has 2 unspecified atom stereocenters. The first kappa shape index (κ1) is 21.8. The number of carbonyl (C=O) groups excluding carboxylic acids is 1. The molecule has 0 aromatic heterocycles.